The van der Waals surface area contributed by atoms with E-state index in [9.17, 15) is 18.3 Å². The molecule has 8 heteroatoms. The van der Waals surface area contributed by atoms with E-state index < -0.39 is 11.7 Å². The molecule has 0 aliphatic heterocycles. The van der Waals surface area contributed by atoms with E-state index in [0.717, 1.165) is 12.1 Å². The molecular formula is C14H7BrCl2F3NO. The fourth-order valence-electron chi connectivity index (χ4n) is 1.61. The van der Waals surface area contributed by atoms with Crippen LogP contribution < -0.4 is 0 Å². The van der Waals surface area contributed by atoms with Gasteiger partial charge < -0.3 is 5.11 Å². The van der Waals surface area contributed by atoms with E-state index in [0.29, 0.717) is 4.47 Å². The van der Waals surface area contributed by atoms with Crippen molar-refractivity contribution in [3.05, 3.63) is 56.0 Å². The Morgan fingerprint density at radius 3 is 2.45 bits per heavy atom. The molecule has 0 radical (unpaired) electrons. The van der Waals surface area contributed by atoms with Gasteiger partial charge >= 0.3 is 6.18 Å². The van der Waals surface area contributed by atoms with Gasteiger partial charge in [-0.25, -0.2) is 0 Å². The number of aromatic hydroxyl groups is 1. The summed E-state index contributed by atoms with van der Waals surface area (Å²) < 4.78 is 38.5. The lowest BCUT2D eigenvalue weighted by molar-refractivity contribution is -0.137. The highest BCUT2D eigenvalue weighted by Gasteiger charge is 2.30. The molecule has 0 spiro atoms. The molecule has 2 rings (SSSR count). The molecular weight excluding hydrogens is 406 g/mol. The van der Waals surface area contributed by atoms with Crippen LogP contribution in [0.3, 0.4) is 0 Å². The minimum atomic E-state index is -4.47. The smallest absolute Gasteiger partial charge is 0.416 e. The average Bonchev–Trinajstić information content (AvgIpc) is 2.41. The van der Waals surface area contributed by atoms with Gasteiger partial charge in [-0.2, -0.15) is 13.2 Å². The maximum atomic E-state index is 12.7. The van der Waals surface area contributed by atoms with Crippen LogP contribution in [0, 0.1) is 0 Å². The first kappa shape index (κ1) is 17.1. The van der Waals surface area contributed by atoms with Gasteiger partial charge in [0.05, 0.1) is 16.3 Å². The summed E-state index contributed by atoms with van der Waals surface area (Å²) in [4.78, 5) is 3.94. The Hall–Kier alpha value is -1.24. The summed E-state index contributed by atoms with van der Waals surface area (Å²) in [6.07, 6.45) is -3.28. The highest BCUT2D eigenvalue weighted by molar-refractivity contribution is 9.10. The molecule has 0 saturated carbocycles. The number of rotatable bonds is 2. The topological polar surface area (TPSA) is 32.6 Å². The Balaban J connectivity index is 2.43. The molecule has 116 valence electrons. The van der Waals surface area contributed by atoms with Crippen LogP contribution in [0.2, 0.25) is 10.0 Å². The monoisotopic (exact) mass is 411 g/mol. The quantitative estimate of drug-likeness (QED) is 0.582. The van der Waals surface area contributed by atoms with Crippen LogP contribution in [0.4, 0.5) is 18.9 Å². The Morgan fingerprint density at radius 2 is 1.82 bits per heavy atom. The van der Waals surface area contributed by atoms with Gasteiger partial charge in [0.25, 0.3) is 0 Å². The first-order chi connectivity index (χ1) is 10.2. The largest absolute Gasteiger partial charge is 0.506 e. The van der Waals surface area contributed by atoms with Crippen molar-refractivity contribution in [3.63, 3.8) is 0 Å². The van der Waals surface area contributed by atoms with Crippen LogP contribution in [0.15, 0.2) is 39.8 Å². The third-order valence-electron chi connectivity index (χ3n) is 2.67. The predicted octanol–water partition coefficient (Wildman–Crippen LogP) is 6.23. The molecule has 0 heterocycles. The molecule has 2 nitrogen and oxygen atoms in total. The zero-order valence-corrected chi connectivity index (χ0v) is 13.7. The molecule has 0 fully saturated rings. The van der Waals surface area contributed by atoms with Gasteiger partial charge in [-0.1, -0.05) is 23.2 Å². The van der Waals surface area contributed by atoms with E-state index in [1.807, 2.05) is 0 Å². The van der Waals surface area contributed by atoms with Crippen molar-refractivity contribution < 1.29 is 18.3 Å². The van der Waals surface area contributed by atoms with Crippen LogP contribution in [0.25, 0.3) is 0 Å². The number of aliphatic imine (C=N–C) groups is 1. The molecule has 0 saturated heterocycles. The molecule has 0 unspecified atom stereocenters. The summed E-state index contributed by atoms with van der Waals surface area (Å²) in [6, 6.07) is 5.82. The van der Waals surface area contributed by atoms with Gasteiger partial charge in [-0.15, -0.1) is 0 Å². The summed E-state index contributed by atoms with van der Waals surface area (Å²) in [5, 5.41) is 10.1. The fourth-order valence-corrected chi connectivity index (χ4v) is 2.47. The lowest BCUT2D eigenvalue weighted by atomic mass is 10.2. The Bertz CT molecular complexity index is 748. The zero-order chi connectivity index (χ0) is 16.5. The second-order valence-corrected chi connectivity index (χ2v) is 5.95. The van der Waals surface area contributed by atoms with Gasteiger partial charge in [0.1, 0.15) is 5.75 Å². The van der Waals surface area contributed by atoms with Gasteiger partial charge in [-0.05, 0) is 46.3 Å². The predicted molar refractivity (Wildman–Crippen MR) is 84.5 cm³/mol. The first-order valence-electron chi connectivity index (χ1n) is 5.77. The number of hydrogen-bond acceptors (Lipinski definition) is 2. The van der Waals surface area contributed by atoms with E-state index in [1.165, 1.54) is 24.4 Å². The van der Waals surface area contributed by atoms with Crippen LogP contribution in [-0.4, -0.2) is 11.3 Å². The second kappa shape index (κ2) is 6.48. The van der Waals surface area contributed by atoms with E-state index in [1.54, 1.807) is 0 Å². The van der Waals surface area contributed by atoms with Gasteiger partial charge in [0, 0.05) is 21.3 Å². The van der Waals surface area contributed by atoms with Gasteiger partial charge in [0.15, 0.2) is 0 Å². The lowest BCUT2D eigenvalue weighted by Gasteiger charge is -2.08. The molecule has 2 aromatic carbocycles. The minimum absolute atomic E-state index is 0.0251. The third kappa shape index (κ3) is 3.94. The van der Waals surface area contributed by atoms with Crippen LogP contribution in [0.1, 0.15) is 11.1 Å². The number of benzene rings is 2. The summed E-state index contributed by atoms with van der Waals surface area (Å²) in [5.41, 5.74) is -0.566. The van der Waals surface area contributed by atoms with Crippen LogP contribution in [0.5, 0.6) is 5.75 Å². The second-order valence-electron chi connectivity index (χ2n) is 4.25. The highest BCUT2D eigenvalue weighted by atomic mass is 79.9. The zero-order valence-electron chi connectivity index (χ0n) is 10.6. The molecule has 0 aromatic heterocycles. The van der Waals surface area contributed by atoms with E-state index in [2.05, 4.69) is 20.9 Å². The number of phenols is 1. The fraction of sp³-hybridized carbons (Fsp3) is 0.0714. The molecule has 0 aliphatic rings. The van der Waals surface area contributed by atoms with Crippen molar-refractivity contribution in [1.82, 2.24) is 0 Å². The molecule has 1 N–H and O–H groups in total. The Morgan fingerprint density at radius 1 is 1.14 bits per heavy atom. The van der Waals surface area contributed by atoms with E-state index in [-0.39, 0.29) is 27.0 Å². The summed E-state index contributed by atoms with van der Waals surface area (Å²) in [5.74, 6) is -0.252. The number of phenolic OH excluding ortho intramolecular Hbond substituents is 1. The minimum Gasteiger partial charge on any atom is -0.506 e. The molecule has 0 aliphatic carbocycles. The van der Waals surface area contributed by atoms with Crippen LogP contribution in [-0.2, 0) is 6.18 Å². The molecule has 22 heavy (non-hydrogen) atoms. The van der Waals surface area contributed by atoms with Crippen molar-refractivity contribution >= 4 is 51.0 Å². The Labute approximate surface area is 142 Å². The SMILES string of the molecule is Oc1c(Cl)cc(Cl)cc1C=Nc1cc(C(F)(F)F)ccc1Br. The van der Waals surface area contributed by atoms with Crippen LogP contribution >= 0.6 is 39.1 Å². The highest BCUT2D eigenvalue weighted by Crippen LogP contribution is 2.36. The maximum absolute atomic E-state index is 12.7. The number of nitrogens with zero attached hydrogens (tertiary/aromatic N) is 1. The van der Waals surface area contributed by atoms with E-state index >= 15 is 0 Å². The third-order valence-corrected chi connectivity index (χ3v) is 3.85. The van der Waals surface area contributed by atoms with Crippen molar-refractivity contribution in [2.24, 2.45) is 4.99 Å². The molecule has 0 amide bonds. The molecule has 0 atom stereocenters. The van der Waals surface area contributed by atoms with Gasteiger partial charge in [0.2, 0.25) is 0 Å². The number of alkyl halides is 3. The lowest BCUT2D eigenvalue weighted by Crippen LogP contribution is -2.04. The summed E-state index contributed by atoms with van der Waals surface area (Å²) >= 11 is 14.7. The van der Waals surface area contributed by atoms with Gasteiger partial charge in [-0.3, -0.25) is 4.99 Å². The Kier molecular flexibility index (Phi) is 5.04. The van der Waals surface area contributed by atoms with E-state index in [4.69, 9.17) is 23.2 Å². The standard InChI is InChI=1S/C14H7BrCl2F3NO/c15-10-2-1-8(14(18,19)20)4-12(10)21-6-7-3-9(16)5-11(17)13(7)22/h1-6,22H. The summed E-state index contributed by atoms with van der Waals surface area (Å²) in [7, 11) is 0. The average molecular weight is 413 g/mol. The summed E-state index contributed by atoms with van der Waals surface area (Å²) in [6.45, 7) is 0. The molecule has 0 bridgehead atoms. The van der Waals surface area contributed by atoms with Crippen molar-refractivity contribution in [3.8, 4) is 5.75 Å². The number of halogens is 6. The molecule has 2 aromatic rings. The number of hydrogen-bond donors (Lipinski definition) is 1. The van der Waals surface area contributed by atoms with Crippen molar-refractivity contribution in [2.75, 3.05) is 0 Å². The maximum Gasteiger partial charge on any atom is 0.416 e. The first-order valence-corrected chi connectivity index (χ1v) is 7.32. The van der Waals surface area contributed by atoms with Crippen molar-refractivity contribution in [1.29, 1.82) is 0 Å². The van der Waals surface area contributed by atoms with Crippen molar-refractivity contribution in [2.45, 2.75) is 6.18 Å². The normalized spacial score (nSPS) is 12.1.